The Morgan fingerprint density at radius 1 is 0.674 bits per heavy atom. The van der Waals surface area contributed by atoms with Gasteiger partial charge in [0.2, 0.25) is 11.5 Å². The van der Waals surface area contributed by atoms with Crippen LogP contribution in [0, 0.1) is 0 Å². The van der Waals surface area contributed by atoms with Crippen LogP contribution in [0.4, 0.5) is 0 Å². The summed E-state index contributed by atoms with van der Waals surface area (Å²) in [6.07, 6.45) is 1.73. The van der Waals surface area contributed by atoms with Crippen molar-refractivity contribution in [1.82, 2.24) is 0 Å². The van der Waals surface area contributed by atoms with Crippen LogP contribution in [-0.2, 0) is 16.0 Å². The molecule has 0 N–H and O–H groups in total. The molecule has 2 atom stereocenters. The van der Waals surface area contributed by atoms with Crippen LogP contribution in [0.1, 0.15) is 22.8 Å². The number of benzene rings is 3. The zero-order valence-electron chi connectivity index (χ0n) is 25.5. The molecule has 0 radical (unpaired) electrons. The third-order valence-electron chi connectivity index (χ3n) is 6.98. The molecular formula is C32H36O11. The van der Waals surface area contributed by atoms with Crippen LogP contribution >= 0.6 is 0 Å². The van der Waals surface area contributed by atoms with Crippen molar-refractivity contribution in [2.45, 2.75) is 18.6 Å². The molecule has 43 heavy (non-hydrogen) atoms. The van der Waals surface area contributed by atoms with Gasteiger partial charge in [-0.1, -0.05) is 0 Å². The van der Waals surface area contributed by atoms with E-state index in [1.807, 2.05) is 0 Å². The normalized spacial score (nSPS) is 15.5. The van der Waals surface area contributed by atoms with Crippen molar-refractivity contribution >= 4 is 12.0 Å². The summed E-state index contributed by atoms with van der Waals surface area (Å²) in [6, 6.07) is 10.5. The third kappa shape index (κ3) is 6.45. The molecule has 3 aromatic rings. The monoisotopic (exact) mass is 596 g/mol. The largest absolute Gasteiger partial charge is 0.496 e. The number of hydrogen-bond acceptors (Lipinski definition) is 11. The average molecular weight is 597 g/mol. The van der Waals surface area contributed by atoms with Crippen LogP contribution in [0.3, 0.4) is 0 Å². The molecule has 1 aliphatic heterocycles. The van der Waals surface area contributed by atoms with E-state index in [9.17, 15) is 4.79 Å². The van der Waals surface area contributed by atoms with Gasteiger partial charge in [0.25, 0.3) is 0 Å². The Hall–Kier alpha value is -4.93. The van der Waals surface area contributed by atoms with Crippen molar-refractivity contribution in [3.8, 4) is 51.7 Å². The number of hydrogen-bond donors (Lipinski definition) is 0. The topological polar surface area (TPSA) is 109 Å². The Morgan fingerprint density at radius 3 is 1.70 bits per heavy atom. The van der Waals surface area contributed by atoms with Crippen LogP contribution in [0.5, 0.6) is 51.7 Å². The van der Waals surface area contributed by atoms with E-state index in [1.165, 1.54) is 48.7 Å². The lowest BCUT2D eigenvalue weighted by Gasteiger charge is -2.34. The van der Waals surface area contributed by atoms with Gasteiger partial charge in [-0.15, -0.1) is 0 Å². The number of rotatable bonds is 12. The SMILES string of the molecule is COc1cc(OC)c2c(c1)OC(c1cc(OC)c(OC)c(OC)c1)C(OC(=O)C=Cc1cc(OC)c(OC)c(OC)c1)C2. The van der Waals surface area contributed by atoms with Crippen LogP contribution in [0.15, 0.2) is 42.5 Å². The maximum Gasteiger partial charge on any atom is 0.331 e. The Labute approximate surface area is 250 Å². The fourth-order valence-electron chi connectivity index (χ4n) is 4.93. The Kier molecular flexibility index (Phi) is 9.97. The van der Waals surface area contributed by atoms with E-state index < -0.39 is 18.2 Å². The summed E-state index contributed by atoms with van der Waals surface area (Å²) in [7, 11) is 12.3. The van der Waals surface area contributed by atoms with Gasteiger partial charge in [0.15, 0.2) is 29.1 Å². The lowest BCUT2D eigenvalue weighted by atomic mass is 9.93. The molecule has 1 heterocycles. The highest BCUT2D eigenvalue weighted by atomic mass is 16.6. The van der Waals surface area contributed by atoms with Crippen molar-refractivity contribution in [3.63, 3.8) is 0 Å². The molecule has 0 spiro atoms. The van der Waals surface area contributed by atoms with E-state index in [4.69, 9.17) is 47.4 Å². The summed E-state index contributed by atoms with van der Waals surface area (Å²) in [4.78, 5) is 13.2. The van der Waals surface area contributed by atoms with Gasteiger partial charge in [-0.05, 0) is 35.9 Å². The fraction of sp³-hybridized carbons (Fsp3) is 0.344. The zero-order valence-corrected chi connectivity index (χ0v) is 25.5. The van der Waals surface area contributed by atoms with Crippen molar-refractivity contribution in [2.75, 3.05) is 56.9 Å². The first-order valence-electron chi connectivity index (χ1n) is 13.2. The van der Waals surface area contributed by atoms with Crippen molar-refractivity contribution in [2.24, 2.45) is 0 Å². The molecule has 1 aliphatic rings. The molecule has 0 amide bonds. The van der Waals surface area contributed by atoms with E-state index in [-0.39, 0.29) is 0 Å². The number of ether oxygens (including phenoxy) is 10. The second-order valence-electron chi connectivity index (χ2n) is 9.27. The summed E-state index contributed by atoms with van der Waals surface area (Å²) in [5, 5.41) is 0. The first kappa shape index (κ1) is 31.0. The van der Waals surface area contributed by atoms with E-state index >= 15 is 0 Å². The van der Waals surface area contributed by atoms with Crippen molar-refractivity contribution in [3.05, 3.63) is 59.2 Å². The molecule has 4 rings (SSSR count). The van der Waals surface area contributed by atoms with Crippen molar-refractivity contribution in [1.29, 1.82) is 0 Å². The highest BCUT2D eigenvalue weighted by Gasteiger charge is 2.37. The quantitative estimate of drug-likeness (QED) is 0.207. The third-order valence-corrected chi connectivity index (χ3v) is 6.98. The molecule has 3 aromatic carbocycles. The molecule has 11 nitrogen and oxygen atoms in total. The summed E-state index contributed by atoms with van der Waals surface area (Å²) in [5.41, 5.74) is 2.03. The van der Waals surface area contributed by atoms with Gasteiger partial charge in [-0.2, -0.15) is 0 Å². The summed E-state index contributed by atoms with van der Waals surface area (Å²) < 4.78 is 56.4. The first-order valence-corrected chi connectivity index (χ1v) is 13.2. The highest BCUT2D eigenvalue weighted by molar-refractivity contribution is 5.87. The second-order valence-corrected chi connectivity index (χ2v) is 9.27. The molecule has 0 aliphatic carbocycles. The van der Waals surface area contributed by atoms with Gasteiger partial charge in [0.1, 0.15) is 23.4 Å². The summed E-state index contributed by atoms with van der Waals surface area (Å²) in [5.74, 6) is 3.70. The van der Waals surface area contributed by atoms with Gasteiger partial charge in [-0.3, -0.25) is 0 Å². The van der Waals surface area contributed by atoms with E-state index in [0.29, 0.717) is 69.3 Å². The number of methoxy groups -OCH3 is 8. The number of esters is 1. The van der Waals surface area contributed by atoms with Gasteiger partial charge in [-0.25, -0.2) is 4.79 Å². The zero-order chi connectivity index (χ0) is 31.1. The highest BCUT2D eigenvalue weighted by Crippen LogP contribution is 2.47. The Balaban J connectivity index is 1.72. The van der Waals surface area contributed by atoms with Crippen LogP contribution < -0.4 is 42.6 Å². The van der Waals surface area contributed by atoms with Crippen LogP contribution in [-0.4, -0.2) is 69.0 Å². The van der Waals surface area contributed by atoms with Crippen molar-refractivity contribution < 1.29 is 52.2 Å². The Bertz CT molecular complexity index is 1430. The minimum absolute atomic E-state index is 0.299. The minimum Gasteiger partial charge on any atom is -0.496 e. The smallest absolute Gasteiger partial charge is 0.331 e. The van der Waals surface area contributed by atoms with Gasteiger partial charge in [0.05, 0.1) is 56.9 Å². The summed E-state index contributed by atoms with van der Waals surface area (Å²) in [6.45, 7) is 0. The predicted molar refractivity (Wildman–Crippen MR) is 158 cm³/mol. The molecule has 0 fully saturated rings. The maximum atomic E-state index is 13.2. The number of fused-ring (bicyclic) bond motifs is 1. The number of carbonyl (C=O) groups excluding carboxylic acids is 1. The molecular weight excluding hydrogens is 560 g/mol. The van der Waals surface area contributed by atoms with E-state index in [2.05, 4.69) is 0 Å². The molecule has 2 unspecified atom stereocenters. The molecule has 0 saturated heterocycles. The molecule has 0 saturated carbocycles. The molecule has 11 heteroatoms. The molecule has 230 valence electrons. The van der Waals surface area contributed by atoms with E-state index in [1.54, 1.807) is 56.7 Å². The van der Waals surface area contributed by atoms with Gasteiger partial charge < -0.3 is 47.4 Å². The van der Waals surface area contributed by atoms with E-state index in [0.717, 1.165) is 5.56 Å². The number of carbonyl (C=O) groups is 1. The second kappa shape index (κ2) is 13.8. The lowest BCUT2D eigenvalue weighted by Crippen LogP contribution is -2.34. The summed E-state index contributed by atoms with van der Waals surface area (Å²) >= 11 is 0. The molecule has 0 aromatic heterocycles. The standard InChI is InChI=1S/C32H36O11/c1-34-20-15-22(35-2)21-17-28(42-29(33)10-9-18-11-24(36-3)31(40-7)25(12-18)37-4)30(43-23(21)16-20)19-13-26(38-5)32(41-8)27(14-19)39-6/h9-16,28,30H,17H2,1-8H3. The molecule has 0 bridgehead atoms. The first-order chi connectivity index (χ1) is 20.8. The fourth-order valence-corrected chi connectivity index (χ4v) is 4.93. The average Bonchev–Trinajstić information content (AvgIpc) is 3.04. The maximum absolute atomic E-state index is 13.2. The minimum atomic E-state index is -0.755. The van der Waals surface area contributed by atoms with Gasteiger partial charge in [0, 0.05) is 35.8 Å². The Morgan fingerprint density at radius 2 is 1.21 bits per heavy atom. The predicted octanol–water partition coefficient (Wildman–Crippen LogP) is 5.06. The lowest BCUT2D eigenvalue weighted by molar-refractivity contribution is -0.149. The van der Waals surface area contributed by atoms with Crippen LogP contribution in [0.2, 0.25) is 0 Å². The van der Waals surface area contributed by atoms with Crippen LogP contribution in [0.25, 0.3) is 6.08 Å². The van der Waals surface area contributed by atoms with Gasteiger partial charge >= 0.3 is 5.97 Å².